The second-order valence-corrected chi connectivity index (χ2v) is 7.69. The highest BCUT2D eigenvalue weighted by atomic mass is 16.5. The molecule has 2 heterocycles. The zero-order valence-corrected chi connectivity index (χ0v) is 16.0. The molecule has 0 atom stereocenters. The molecule has 1 aliphatic heterocycles. The Morgan fingerprint density at radius 1 is 1.17 bits per heavy atom. The van der Waals surface area contributed by atoms with Crippen LogP contribution in [0.5, 0.6) is 0 Å². The third kappa shape index (κ3) is 3.37. The number of anilines is 1. The van der Waals surface area contributed by atoms with E-state index in [2.05, 4.69) is 10.4 Å². The van der Waals surface area contributed by atoms with Gasteiger partial charge in [-0.1, -0.05) is 49.2 Å². The Balaban J connectivity index is 1.48. The molecule has 1 aromatic heterocycles. The van der Waals surface area contributed by atoms with Crippen LogP contribution >= 0.6 is 0 Å². The van der Waals surface area contributed by atoms with E-state index < -0.39 is 7.12 Å². The van der Waals surface area contributed by atoms with Crippen LogP contribution in [0.3, 0.4) is 0 Å². The molecule has 0 saturated heterocycles. The smallest absolute Gasteiger partial charge is 0.423 e. The Morgan fingerprint density at radius 3 is 2.76 bits per heavy atom. The highest BCUT2D eigenvalue weighted by Gasteiger charge is 2.28. The van der Waals surface area contributed by atoms with Gasteiger partial charge in [-0.15, -0.1) is 0 Å². The van der Waals surface area contributed by atoms with Gasteiger partial charge >= 0.3 is 7.12 Å². The SMILES string of the molecule is O=C(Nc1ccc2c(c1)COB2O)c1cnn(C2CCCC2)c1-c1ccccc1. The van der Waals surface area contributed by atoms with E-state index in [1.807, 2.05) is 41.1 Å². The van der Waals surface area contributed by atoms with Crippen LogP contribution in [0.4, 0.5) is 5.69 Å². The number of amides is 1. The number of nitrogens with one attached hydrogen (secondary N) is 1. The van der Waals surface area contributed by atoms with Crippen molar-refractivity contribution in [2.45, 2.75) is 38.3 Å². The first-order valence-corrected chi connectivity index (χ1v) is 10.1. The number of aromatic nitrogens is 2. The summed E-state index contributed by atoms with van der Waals surface area (Å²) in [5.74, 6) is -0.187. The third-order valence-electron chi connectivity index (χ3n) is 5.82. The molecule has 2 N–H and O–H groups in total. The van der Waals surface area contributed by atoms with Crippen LogP contribution in [0.25, 0.3) is 11.3 Å². The van der Waals surface area contributed by atoms with Gasteiger partial charge in [0.1, 0.15) is 0 Å². The van der Waals surface area contributed by atoms with E-state index in [-0.39, 0.29) is 5.91 Å². The second-order valence-electron chi connectivity index (χ2n) is 7.69. The number of carbonyl (C=O) groups is 1. The molecule has 5 rings (SSSR count). The number of hydrogen-bond acceptors (Lipinski definition) is 4. The van der Waals surface area contributed by atoms with E-state index in [1.165, 1.54) is 12.8 Å². The maximum Gasteiger partial charge on any atom is 0.491 e. The van der Waals surface area contributed by atoms with Crippen molar-refractivity contribution in [3.8, 4) is 11.3 Å². The molecule has 0 bridgehead atoms. The molecule has 2 aliphatic rings. The van der Waals surface area contributed by atoms with Crippen LogP contribution in [0.15, 0.2) is 54.7 Å². The van der Waals surface area contributed by atoms with Crippen LogP contribution in [-0.2, 0) is 11.3 Å². The highest BCUT2D eigenvalue weighted by Crippen LogP contribution is 2.35. The lowest BCUT2D eigenvalue weighted by atomic mass is 9.79. The molecule has 1 saturated carbocycles. The Morgan fingerprint density at radius 2 is 1.97 bits per heavy atom. The summed E-state index contributed by atoms with van der Waals surface area (Å²) in [5.41, 5.74) is 4.75. The zero-order valence-electron chi connectivity index (χ0n) is 16.0. The lowest BCUT2D eigenvalue weighted by Gasteiger charge is -2.16. The number of nitrogens with zero attached hydrogens (tertiary/aromatic N) is 2. The molecule has 0 radical (unpaired) electrons. The minimum Gasteiger partial charge on any atom is -0.423 e. The van der Waals surface area contributed by atoms with Gasteiger partial charge in [-0.05, 0) is 36.0 Å². The Labute approximate surface area is 169 Å². The third-order valence-corrected chi connectivity index (χ3v) is 5.82. The quantitative estimate of drug-likeness (QED) is 0.675. The molecule has 3 aromatic rings. The molecule has 2 aromatic carbocycles. The monoisotopic (exact) mass is 387 g/mol. The normalized spacial score (nSPS) is 16.2. The molecule has 29 heavy (non-hydrogen) atoms. The molecule has 0 unspecified atom stereocenters. The van der Waals surface area contributed by atoms with Crippen molar-refractivity contribution >= 4 is 24.2 Å². The van der Waals surface area contributed by atoms with Crippen molar-refractivity contribution in [1.29, 1.82) is 0 Å². The fourth-order valence-electron chi connectivity index (χ4n) is 4.34. The van der Waals surface area contributed by atoms with Gasteiger partial charge in [0.2, 0.25) is 0 Å². The van der Waals surface area contributed by atoms with Gasteiger partial charge in [-0.2, -0.15) is 5.10 Å². The lowest BCUT2D eigenvalue weighted by molar-refractivity contribution is 0.102. The lowest BCUT2D eigenvalue weighted by Crippen LogP contribution is -2.28. The topological polar surface area (TPSA) is 76.4 Å². The van der Waals surface area contributed by atoms with E-state index in [1.54, 1.807) is 18.3 Å². The first kappa shape index (κ1) is 18.2. The minimum absolute atomic E-state index is 0.187. The summed E-state index contributed by atoms with van der Waals surface area (Å²) in [4.78, 5) is 13.2. The molecule has 7 heteroatoms. The summed E-state index contributed by atoms with van der Waals surface area (Å²) in [6, 6.07) is 15.8. The number of benzene rings is 2. The Bertz CT molecular complexity index is 1040. The van der Waals surface area contributed by atoms with Gasteiger partial charge in [-0.3, -0.25) is 9.48 Å². The molecule has 1 amide bonds. The Hall–Kier alpha value is -2.90. The van der Waals surface area contributed by atoms with E-state index >= 15 is 0 Å². The van der Waals surface area contributed by atoms with Gasteiger partial charge in [-0.25, -0.2) is 0 Å². The molecular weight excluding hydrogens is 365 g/mol. The van der Waals surface area contributed by atoms with Crippen molar-refractivity contribution in [3.63, 3.8) is 0 Å². The minimum atomic E-state index is -0.885. The average molecular weight is 387 g/mol. The van der Waals surface area contributed by atoms with Gasteiger partial charge in [0.05, 0.1) is 30.1 Å². The number of hydrogen-bond donors (Lipinski definition) is 2. The summed E-state index contributed by atoms with van der Waals surface area (Å²) in [6.07, 6.45) is 6.26. The Kier molecular flexibility index (Phi) is 4.69. The molecular formula is C22H22BN3O3. The molecule has 1 fully saturated rings. The average Bonchev–Trinajstić information content (AvgIpc) is 3.48. The van der Waals surface area contributed by atoms with Crippen molar-refractivity contribution in [1.82, 2.24) is 9.78 Å². The molecule has 6 nitrogen and oxygen atoms in total. The summed E-state index contributed by atoms with van der Waals surface area (Å²) >= 11 is 0. The molecule has 1 aliphatic carbocycles. The fraction of sp³-hybridized carbons (Fsp3) is 0.273. The van der Waals surface area contributed by atoms with Gasteiger partial charge in [0, 0.05) is 11.3 Å². The summed E-state index contributed by atoms with van der Waals surface area (Å²) in [6.45, 7) is 0.342. The largest absolute Gasteiger partial charge is 0.491 e. The van der Waals surface area contributed by atoms with Gasteiger partial charge in [0.15, 0.2) is 0 Å². The summed E-state index contributed by atoms with van der Waals surface area (Å²) < 4.78 is 7.27. The van der Waals surface area contributed by atoms with Gasteiger partial charge < -0.3 is 15.0 Å². The second kappa shape index (κ2) is 7.50. The molecule has 146 valence electrons. The fourth-order valence-corrected chi connectivity index (χ4v) is 4.34. The summed E-state index contributed by atoms with van der Waals surface area (Å²) in [5, 5.41) is 17.4. The molecule has 0 spiro atoms. The maximum absolute atomic E-state index is 13.2. The van der Waals surface area contributed by atoms with Crippen LogP contribution in [0.1, 0.15) is 47.6 Å². The number of rotatable bonds is 4. The van der Waals surface area contributed by atoms with E-state index in [4.69, 9.17) is 4.65 Å². The van der Waals surface area contributed by atoms with E-state index in [9.17, 15) is 9.82 Å². The van der Waals surface area contributed by atoms with Crippen LogP contribution < -0.4 is 10.8 Å². The van der Waals surface area contributed by atoms with Crippen molar-refractivity contribution in [2.24, 2.45) is 0 Å². The number of carbonyl (C=O) groups excluding carboxylic acids is 1. The predicted molar refractivity (Wildman–Crippen MR) is 112 cm³/mol. The predicted octanol–water partition coefficient (Wildman–Crippen LogP) is 3.14. The first-order valence-electron chi connectivity index (χ1n) is 10.1. The highest BCUT2D eigenvalue weighted by molar-refractivity contribution is 6.61. The standard InChI is InChI=1S/C22H22BN3O3/c27-22(25-17-10-11-20-16(12-17)14-29-23(20)28)19-13-24-26(18-8-4-5-9-18)21(19)15-6-2-1-3-7-15/h1-3,6-7,10-13,18,28H,4-5,8-9,14H2,(H,25,27). The zero-order chi connectivity index (χ0) is 19.8. The first-order chi connectivity index (χ1) is 14.2. The van der Waals surface area contributed by atoms with Crippen LogP contribution in [-0.4, -0.2) is 27.8 Å². The van der Waals surface area contributed by atoms with E-state index in [0.29, 0.717) is 23.9 Å². The summed E-state index contributed by atoms with van der Waals surface area (Å²) in [7, 11) is -0.885. The maximum atomic E-state index is 13.2. The van der Waals surface area contributed by atoms with Crippen LogP contribution in [0.2, 0.25) is 0 Å². The van der Waals surface area contributed by atoms with E-state index in [0.717, 1.165) is 35.1 Å². The van der Waals surface area contributed by atoms with Gasteiger partial charge in [0.25, 0.3) is 5.91 Å². The van der Waals surface area contributed by atoms with Crippen molar-refractivity contribution in [2.75, 3.05) is 5.32 Å². The van der Waals surface area contributed by atoms with Crippen molar-refractivity contribution < 1.29 is 14.5 Å². The number of fused-ring (bicyclic) bond motifs is 1. The van der Waals surface area contributed by atoms with Crippen molar-refractivity contribution in [3.05, 3.63) is 65.9 Å². The van der Waals surface area contributed by atoms with Crippen LogP contribution in [0, 0.1) is 0 Å².